The van der Waals surface area contributed by atoms with Gasteiger partial charge in [0.1, 0.15) is 0 Å². The Labute approximate surface area is 60.6 Å². The van der Waals surface area contributed by atoms with Gasteiger partial charge in [-0.2, -0.15) is 5.26 Å². The summed E-state index contributed by atoms with van der Waals surface area (Å²) in [6, 6.07) is 1.94. The van der Waals surface area contributed by atoms with Gasteiger partial charge >= 0.3 is 0 Å². The summed E-state index contributed by atoms with van der Waals surface area (Å²) in [5.74, 6) is -0.0669. The summed E-state index contributed by atoms with van der Waals surface area (Å²) in [5.41, 5.74) is 0. The van der Waals surface area contributed by atoms with E-state index in [1.165, 1.54) is 0 Å². The maximum Gasteiger partial charge on any atom is 0.154 e. The first-order valence-corrected chi connectivity index (χ1v) is 4.90. The van der Waals surface area contributed by atoms with Crippen LogP contribution in [0.2, 0.25) is 0 Å². The topological polar surface area (TPSA) is 57.9 Å². The molecule has 0 aromatic rings. The van der Waals surface area contributed by atoms with Crippen LogP contribution >= 0.6 is 0 Å². The second-order valence-corrected chi connectivity index (χ2v) is 4.95. The molecule has 0 aromatic heterocycles. The lowest BCUT2D eigenvalue weighted by molar-refractivity contribution is 0.513. The molecule has 1 aliphatic rings. The van der Waals surface area contributed by atoms with Gasteiger partial charge in [-0.25, -0.2) is 8.42 Å². The van der Waals surface area contributed by atoms with Crippen molar-refractivity contribution in [3.05, 3.63) is 0 Å². The van der Waals surface area contributed by atoms with Gasteiger partial charge in [-0.1, -0.05) is 0 Å². The lowest BCUT2D eigenvalue weighted by Gasteiger charge is -2.27. The van der Waals surface area contributed by atoms with Crippen molar-refractivity contribution in [1.82, 2.24) is 0 Å². The highest BCUT2D eigenvalue weighted by molar-refractivity contribution is 7.93. The van der Waals surface area contributed by atoms with Crippen LogP contribution in [0.25, 0.3) is 0 Å². The average molecular weight is 159 g/mol. The van der Waals surface area contributed by atoms with Crippen LogP contribution in [-0.2, 0) is 9.84 Å². The highest BCUT2D eigenvalue weighted by Crippen LogP contribution is 2.26. The number of nitriles is 1. The standard InChI is InChI=1S/C6H9NO2S/c1-5(4-7)6-2-3-10(6,8)9/h5-6H,2-3H2,1H3. The molecule has 2 atom stereocenters. The SMILES string of the molecule is CC(C#N)C1CCS1(=O)=O. The molecule has 1 heterocycles. The molecule has 4 heteroatoms. The minimum Gasteiger partial charge on any atom is -0.229 e. The second-order valence-electron chi connectivity index (χ2n) is 2.61. The van der Waals surface area contributed by atoms with Gasteiger partial charge in [0.15, 0.2) is 9.84 Å². The van der Waals surface area contributed by atoms with E-state index in [0.29, 0.717) is 6.42 Å². The summed E-state index contributed by atoms with van der Waals surface area (Å²) in [7, 11) is -2.86. The van der Waals surface area contributed by atoms with Gasteiger partial charge in [-0.05, 0) is 13.3 Å². The zero-order valence-corrected chi connectivity index (χ0v) is 6.56. The number of nitrogens with zero attached hydrogens (tertiary/aromatic N) is 1. The van der Waals surface area contributed by atoms with Gasteiger partial charge in [-0.3, -0.25) is 0 Å². The quantitative estimate of drug-likeness (QED) is 0.554. The van der Waals surface area contributed by atoms with Crippen molar-refractivity contribution in [2.24, 2.45) is 5.92 Å². The Morgan fingerprint density at radius 2 is 2.30 bits per heavy atom. The molecule has 56 valence electrons. The fraction of sp³-hybridized carbons (Fsp3) is 0.833. The minimum absolute atomic E-state index is 0.268. The predicted molar refractivity (Wildman–Crippen MR) is 37.0 cm³/mol. The maximum atomic E-state index is 10.9. The molecule has 10 heavy (non-hydrogen) atoms. The number of hydrogen-bond acceptors (Lipinski definition) is 3. The van der Waals surface area contributed by atoms with Gasteiger partial charge in [-0.15, -0.1) is 0 Å². The molecule has 2 unspecified atom stereocenters. The maximum absolute atomic E-state index is 10.9. The Kier molecular flexibility index (Phi) is 1.69. The molecular weight excluding hydrogens is 150 g/mol. The highest BCUT2D eigenvalue weighted by atomic mass is 32.2. The van der Waals surface area contributed by atoms with Crippen LogP contribution in [0.15, 0.2) is 0 Å². The Morgan fingerprint density at radius 3 is 2.40 bits per heavy atom. The Morgan fingerprint density at radius 1 is 1.70 bits per heavy atom. The molecule has 0 bridgehead atoms. The minimum atomic E-state index is -2.86. The van der Waals surface area contributed by atoms with Crippen molar-refractivity contribution in [3.63, 3.8) is 0 Å². The Bertz CT molecular complexity index is 262. The van der Waals surface area contributed by atoms with Gasteiger partial charge in [0, 0.05) is 0 Å². The van der Waals surface area contributed by atoms with E-state index >= 15 is 0 Å². The van der Waals surface area contributed by atoms with Crippen molar-refractivity contribution >= 4 is 9.84 Å². The monoisotopic (exact) mass is 159 g/mol. The van der Waals surface area contributed by atoms with Crippen LogP contribution in [0, 0.1) is 17.2 Å². The average Bonchev–Trinajstić information content (AvgIpc) is 1.86. The van der Waals surface area contributed by atoms with E-state index in [2.05, 4.69) is 0 Å². The largest absolute Gasteiger partial charge is 0.229 e. The van der Waals surface area contributed by atoms with E-state index in [9.17, 15) is 8.42 Å². The van der Waals surface area contributed by atoms with E-state index in [0.717, 1.165) is 0 Å². The van der Waals surface area contributed by atoms with Crippen molar-refractivity contribution in [2.75, 3.05) is 5.75 Å². The molecule has 1 aliphatic heterocycles. The molecule has 3 nitrogen and oxygen atoms in total. The molecule has 0 amide bonds. The fourth-order valence-corrected chi connectivity index (χ4v) is 2.67. The van der Waals surface area contributed by atoms with E-state index < -0.39 is 9.84 Å². The number of rotatable bonds is 1. The Balaban J connectivity index is 2.72. The van der Waals surface area contributed by atoms with E-state index in [1.54, 1.807) is 6.92 Å². The van der Waals surface area contributed by atoms with Crippen LogP contribution in [0.5, 0.6) is 0 Å². The zero-order chi connectivity index (χ0) is 7.78. The van der Waals surface area contributed by atoms with Gasteiger partial charge in [0.2, 0.25) is 0 Å². The highest BCUT2D eigenvalue weighted by Gasteiger charge is 2.39. The predicted octanol–water partition coefficient (Wildman–Crippen LogP) is 0.333. The van der Waals surface area contributed by atoms with E-state index in [-0.39, 0.29) is 16.9 Å². The second kappa shape index (κ2) is 2.24. The van der Waals surface area contributed by atoms with Crippen molar-refractivity contribution < 1.29 is 8.42 Å². The first kappa shape index (κ1) is 7.55. The molecular formula is C6H9NO2S. The summed E-state index contributed by atoms with van der Waals surface area (Å²) in [6.07, 6.45) is 0.664. The number of sulfone groups is 1. The third kappa shape index (κ3) is 1.01. The zero-order valence-electron chi connectivity index (χ0n) is 5.74. The van der Waals surface area contributed by atoms with Crippen LogP contribution in [0.4, 0.5) is 0 Å². The van der Waals surface area contributed by atoms with Crippen LogP contribution < -0.4 is 0 Å². The molecule has 0 aliphatic carbocycles. The number of hydrogen-bond donors (Lipinski definition) is 0. The summed E-state index contributed by atoms with van der Waals surface area (Å²) >= 11 is 0. The first-order valence-electron chi connectivity index (χ1n) is 3.19. The molecule has 0 spiro atoms. The first-order chi connectivity index (χ1) is 4.58. The van der Waals surface area contributed by atoms with E-state index in [4.69, 9.17) is 5.26 Å². The van der Waals surface area contributed by atoms with Crippen molar-refractivity contribution in [3.8, 4) is 6.07 Å². The van der Waals surface area contributed by atoms with Crippen molar-refractivity contribution in [2.45, 2.75) is 18.6 Å². The van der Waals surface area contributed by atoms with Gasteiger partial charge in [0.05, 0.1) is 23.0 Å². The molecule has 1 saturated heterocycles. The third-order valence-electron chi connectivity index (χ3n) is 1.91. The lowest BCUT2D eigenvalue weighted by Crippen LogP contribution is -2.40. The van der Waals surface area contributed by atoms with Crippen LogP contribution in [-0.4, -0.2) is 19.4 Å². The molecule has 0 radical (unpaired) electrons. The summed E-state index contributed by atoms with van der Waals surface area (Å²) in [6.45, 7) is 1.65. The summed E-state index contributed by atoms with van der Waals surface area (Å²) < 4.78 is 21.7. The van der Waals surface area contributed by atoms with Crippen LogP contribution in [0.3, 0.4) is 0 Å². The fourth-order valence-electron chi connectivity index (χ4n) is 1.09. The van der Waals surface area contributed by atoms with Crippen LogP contribution in [0.1, 0.15) is 13.3 Å². The lowest BCUT2D eigenvalue weighted by atomic mass is 10.1. The summed E-state index contributed by atoms with van der Waals surface area (Å²) in [5, 5.41) is 8.01. The smallest absolute Gasteiger partial charge is 0.154 e. The van der Waals surface area contributed by atoms with E-state index in [1.807, 2.05) is 6.07 Å². The molecule has 0 aromatic carbocycles. The van der Waals surface area contributed by atoms with Gasteiger partial charge in [0.25, 0.3) is 0 Å². The van der Waals surface area contributed by atoms with Crippen molar-refractivity contribution in [1.29, 1.82) is 5.26 Å². The molecule has 1 rings (SSSR count). The third-order valence-corrected chi connectivity index (χ3v) is 4.28. The normalized spacial score (nSPS) is 31.8. The molecule has 0 N–H and O–H groups in total. The Hall–Kier alpha value is -0.560. The molecule has 1 fully saturated rings. The molecule has 0 saturated carbocycles. The van der Waals surface area contributed by atoms with Gasteiger partial charge < -0.3 is 0 Å². The summed E-state index contributed by atoms with van der Waals surface area (Å²) in [4.78, 5) is 0.